The summed E-state index contributed by atoms with van der Waals surface area (Å²) in [6.07, 6.45) is -0.660. The molecule has 1 aliphatic heterocycles. The van der Waals surface area contributed by atoms with Gasteiger partial charge in [0, 0.05) is 31.6 Å². The number of carbonyl (C=O) groups excluding carboxylic acids is 1. The van der Waals surface area contributed by atoms with Gasteiger partial charge < -0.3 is 14.6 Å². The average Bonchev–Trinajstić information content (AvgIpc) is 3.46. The van der Waals surface area contributed by atoms with E-state index in [0.29, 0.717) is 35.5 Å². The van der Waals surface area contributed by atoms with Crippen LogP contribution in [0.4, 0.5) is 4.39 Å². The van der Waals surface area contributed by atoms with E-state index >= 15 is 0 Å². The highest BCUT2D eigenvalue weighted by atomic mass is 32.2. The Morgan fingerprint density at radius 3 is 2.36 bits per heavy atom. The first kappa shape index (κ1) is 31.8. The molecule has 1 aliphatic rings. The molecule has 0 aliphatic carbocycles. The van der Waals surface area contributed by atoms with Gasteiger partial charge in [-0.2, -0.15) is 0 Å². The maximum atomic E-state index is 14.2. The van der Waals surface area contributed by atoms with Gasteiger partial charge in [0.25, 0.3) is 5.91 Å². The Hall–Kier alpha value is -4.58. The van der Waals surface area contributed by atoms with E-state index in [1.165, 1.54) is 24.3 Å². The lowest BCUT2D eigenvalue weighted by Crippen LogP contribution is -2.53. The van der Waals surface area contributed by atoms with Crippen molar-refractivity contribution in [1.29, 1.82) is 0 Å². The number of sulfone groups is 1. The van der Waals surface area contributed by atoms with Crippen molar-refractivity contribution in [3.63, 3.8) is 0 Å². The molecule has 4 aromatic rings. The maximum absolute atomic E-state index is 14.2. The zero-order valence-corrected chi connectivity index (χ0v) is 25.3. The number of ether oxygens (including phenoxy) is 2. The van der Waals surface area contributed by atoms with Gasteiger partial charge >= 0.3 is 0 Å². The summed E-state index contributed by atoms with van der Waals surface area (Å²) in [6.45, 7) is 0.489. The number of carbonyl (C=O) groups is 1. The number of amides is 1. The topological polar surface area (TPSA) is 126 Å². The van der Waals surface area contributed by atoms with Crippen LogP contribution >= 0.6 is 0 Å². The summed E-state index contributed by atoms with van der Waals surface area (Å²) < 4.78 is 52.6. The summed E-state index contributed by atoms with van der Waals surface area (Å²) >= 11 is 0. The van der Waals surface area contributed by atoms with Crippen molar-refractivity contribution in [3.8, 4) is 5.75 Å². The fraction of sp³-hybridized carbons (Fsp3) is 0.235. The molecule has 0 saturated carbocycles. The van der Waals surface area contributed by atoms with E-state index in [0.717, 1.165) is 0 Å². The van der Waals surface area contributed by atoms with E-state index in [1.54, 1.807) is 78.9 Å². The Morgan fingerprint density at radius 1 is 0.956 bits per heavy atom. The van der Waals surface area contributed by atoms with Crippen LogP contribution < -0.4 is 15.6 Å². The Kier molecular flexibility index (Phi) is 10.2. The number of halogens is 1. The Bertz CT molecular complexity index is 1720. The third kappa shape index (κ3) is 7.75. The molecule has 2 atom stereocenters. The molecule has 1 heterocycles. The summed E-state index contributed by atoms with van der Waals surface area (Å²) in [7, 11) is -3.79. The monoisotopic (exact) mass is 631 g/mol. The van der Waals surface area contributed by atoms with E-state index in [2.05, 4.69) is 10.9 Å². The van der Waals surface area contributed by atoms with Crippen molar-refractivity contribution in [2.24, 2.45) is 4.99 Å². The van der Waals surface area contributed by atoms with Crippen LogP contribution in [0.5, 0.6) is 5.75 Å². The number of nitrogens with one attached hydrogen (secondary N) is 2. The second-order valence-corrected chi connectivity index (χ2v) is 12.6. The quantitative estimate of drug-likeness (QED) is 0.138. The lowest BCUT2D eigenvalue weighted by molar-refractivity contribution is -0.130. The molecule has 11 heteroatoms. The largest absolute Gasteiger partial charge is 0.494 e. The van der Waals surface area contributed by atoms with Crippen LogP contribution in [0.1, 0.15) is 35.6 Å². The Labute approximate surface area is 261 Å². The third-order valence-electron chi connectivity index (χ3n) is 7.37. The van der Waals surface area contributed by atoms with E-state index < -0.39 is 33.2 Å². The van der Waals surface area contributed by atoms with Crippen LogP contribution in [0.15, 0.2) is 119 Å². The number of hydrogen-bond donors (Lipinski definition) is 3. The standard InChI is InChI=1S/C34H34FN3O6S/c35-28-12-7-9-25(23-28)24-36-38-33(40)34(19-22-45(41,42)30-13-5-2-6-14-30)31(26-10-3-1-4-11-26)44-32(37-34)27-15-17-29(18-16-27)43-21-8-20-39/h1-7,9-18,23,31,36,39H,8,19-22,24H2,(H,38,40)/t31-,34-/m0/s1. The van der Waals surface area contributed by atoms with Crippen LogP contribution in [0.25, 0.3) is 0 Å². The fourth-order valence-corrected chi connectivity index (χ4v) is 6.40. The van der Waals surface area contributed by atoms with Crippen LogP contribution in [0.2, 0.25) is 0 Å². The molecule has 5 rings (SSSR count). The zero-order chi connectivity index (χ0) is 31.7. The van der Waals surface area contributed by atoms with Gasteiger partial charge in [-0.15, -0.1) is 0 Å². The first-order chi connectivity index (χ1) is 21.8. The summed E-state index contributed by atoms with van der Waals surface area (Å²) in [4.78, 5) is 19.1. The molecule has 0 saturated heterocycles. The van der Waals surface area contributed by atoms with Gasteiger partial charge in [-0.05, 0) is 59.7 Å². The third-order valence-corrected chi connectivity index (χ3v) is 9.10. The summed E-state index contributed by atoms with van der Waals surface area (Å²) in [5.41, 5.74) is 5.64. The minimum absolute atomic E-state index is 0.0187. The number of hydrazine groups is 1. The van der Waals surface area contributed by atoms with Crippen molar-refractivity contribution in [2.45, 2.75) is 35.9 Å². The highest BCUT2D eigenvalue weighted by Gasteiger charge is 2.53. The summed E-state index contributed by atoms with van der Waals surface area (Å²) in [5.74, 6) is -0.631. The molecule has 234 valence electrons. The number of aliphatic hydroxyl groups excluding tert-OH is 1. The van der Waals surface area contributed by atoms with Gasteiger partial charge in [0.05, 0.1) is 17.3 Å². The highest BCUT2D eigenvalue weighted by molar-refractivity contribution is 7.91. The zero-order valence-electron chi connectivity index (χ0n) is 24.4. The molecule has 0 radical (unpaired) electrons. The SMILES string of the molecule is O=C(NNCc1cccc(F)c1)[C@@]1(CCS(=O)(=O)c2ccccc2)N=C(c2ccc(OCCCO)cc2)O[C@H]1c1ccccc1. The molecule has 1 amide bonds. The number of benzene rings is 4. The number of hydrogen-bond acceptors (Lipinski definition) is 8. The molecule has 0 spiro atoms. The van der Waals surface area contributed by atoms with Gasteiger partial charge in [0.15, 0.2) is 21.5 Å². The molecular weight excluding hydrogens is 597 g/mol. The summed E-state index contributed by atoms with van der Waals surface area (Å²) in [5, 5.41) is 9.02. The maximum Gasteiger partial charge on any atom is 0.266 e. The van der Waals surface area contributed by atoms with Crippen molar-refractivity contribution in [1.82, 2.24) is 10.9 Å². The predicted octanol–water partition coefficient (Wildman–Crippen LogP) is 4.53. The molecule has 3 N–H and O–H groups in total. The molecule has 45 heavy (non-hydrogen) atoms. The first-order valence-electron chi connectivity index (χ1n) is 14.5. The molecule has 0 bridgehead atoms. The van der Waals surface area contributed by atoms with Crippen molar-refractivity contribution in [3.05, 3.63) is 132 Å². The number of nitrogens with zero attached hydrogens (tertiary/aromatic N) is 1. The highest BCUT2D eigenvalue weighted by Crippen LogP contribution is 2.43. The fourth-order valence-electron chi connectivity index (χ4n) is 5.02. The van der Waals surface area contributed by atoms with Gasteiger partial charge in [0.2, 0.25) is 5.90 Å². The lowest BCUT2D eigenvalue weighted by atomic mass is 9.85. The van der Waals surface area contributed by atoms with Gasteiger partial charge in [0.1, 0.15) is 11.6 Å². The van der Waals surface area contributed by atoms with E-state index in [9.17, 15) is 17.6 Å². The summed E-state index contributed by atoms with van der Waals surface area (Å²) in [6, 6.07) is 30.0. The van der Waals surface area contributed by atoms with E-state index in [-0.39, 0.29) is 36.1 Å². The molecule has 0 fully saturated rings. The lowest BCUT2D eigenvalue weighted by Gasteiger charge is -2.30. The van der Waals surface area contributed by atoms with Gasteiger partial charge in [-0.1, -0.05) is 60.7 Å². The second kappa shape index (κ2) is 14.5. The van der Waals surface area contributed by atoms with Crippen LogP contribution in [0, 0.1) is 5.82 Å². The number of rotatable bonds is 14. The normalized spacial score (nSPS) is 17.7. The number of aliphatic imine (C=N–C) groups is 1. The smallest absolute Gasteiger partial charge is 0.266 e. The first-order valence-corrected chi connectivity index (χ1v) is 16.2. The van der Waals surface area contributed by atoms with Crippen LogP contribution in [-0.2, 0) is 25.9 Å². The predicted molar refractivity (Wildman–Crippen MR) is 168 cm³/mol. The minimum Gasteiger partial charge on any atom is -0.494 e. The van der Waals surface area contributed by atoms with Crippen LogP contribution in [-0.4, -0.2) is 49.8 Å². The molecular formula is C34H34FN3O6S. The van der Waals surface area contributed by atoms with Crippen molar-refractivity contribution < 1.29 is 32.2 Å². The van der Waals surface area contributed by atoms with Crippen molar-refractivity contribution in [2.75, 3.05) is 19.0 Å². The Balaban J connectivity index is 1.49. The van der Waals surface area contributed by atoms with Crippen molar-refractivity contribution >= 4 is 21.6 Å². The second-order valence-electron chi connectivity index (χ2n) is 10.5. The van der Waals surface area contributed by atoms with E-state index in [4.69, 9.17) is 19.6 Å². The molecule has 9 nitrogen and oxygen atoms in total. The molecule has 0 unspecified atom stereocenters. The molecule has 0 aromatic heterocycles. The Morgan fingerprint density at radius 2 is 1.67 bits per heavy atom. The average molecular weight is 632 g/mol. The van der Waals surface area contributed by atoms with Gasteiger partial charge in [-0.3, -0.25) is 10.2 Å². The van der Waals surface area contributed by atoms with E-state index in [1.807, 2.05) is 6.07 Å². The van der Waals surface area contributed by atoms with Crippen LogP contribution in [0.3, 0.4) is 0 Å². The van der Waals surface area contributed by atoms with Gasteiger partial charge in [-0.25, -0.2) is 23.2 Å². The number of aliphatic hydroxyl groups is 1. The minimum atomic E-state index is -3.79. The molecule has 4 aromatic carbocycles.